The maximum atomic E-state index is 6.09. The minimum Gasteiger partial charge on any atom is -0.420 e. The number of halogens is 1. The number of rotatable bonds is 5. The molecule has 2 heterocycles. The first kappa shape index (κ1) is 16.4. The molecule has 1 aromatic carbocycles. The van der Waals surface area contributed by atoms with Crippen LogP contribution in [0.5, 0.6) is 0 Å². The van der Waals surface area contributed by atoms with E-state index in [4.69, 9.17) is 25.5 Å². The summed E-state index contributed by atoms with van der Waals surface area (Å²) < 4.78 is 17.1. The quantitative estimate of drug-likeness (QED) is 0.836. The number of ether oxygens (including phenoxy) is 2. The maximum absolute atomic E-state index is 6.09. The molecule has 0 spiro atoms. The van der Waals surface area contributed by atoms with Crippen LogP contribution in [0.4, 0.5) is 0 Å². The van der Waals surface area contributed by atoms with Crippen LogP contribution in [0.1, 0.15) is 30.4 Å². The lowest BCUT2D eigenvalue weighted by molar-refractivity contribution is -0.0830. The summed E-state index contributed by atoms with van der Waals surface area (Å²) in [6.45, 7) is 4.32. The molecule has 0 saturated carbocycles. The Morgan fingerprint density at radius 2 is 2.09 bits per heavy atom. The average Bonchev–Trinajstić information content (AvgIpc) is 2.97. The SMILES string of the molecule is C[C@@H]1CN(C)C[C@H](c2nnc(COCc3ccccc3Cl)o2)O1. The summed E-state index contributed by atoms with van der Waals surface area (Å²) in [5.41, 5.74) is 0.931. The topological polar surface area (TPSA) is 60.6 Å². The molecule has 2 atom stereocenters. The van der Waals surface area contributed by atoms with E-state index in [2.05, 4.69) is 22.1 Å². The number of benzene rings is 1. The number of nitrogens with zero attached hydrogens (tertiary/aromatic N) is 3. The molecule has 0 bridgehead atoms. The molecule has 7 heteroatoms. The van der Waals surface area contributed by atoms with Crippen molar-refractivity contribution in [1.82, 2.24) is 15.1 Å². The first-order chi connectivity index (χ1) is 11.1. The van der Waals surface area contributed by atoms with E-state index in [-0.39, 0.29) is 18.8 Å². The maximum Gasteiger partial charge on any atom is 0.246 e. The molecule has 6 nitrogen and oxygen atoms in total. The highest BCUT2D eigenvalue weighted by Gasteiger charge is 2.28. The number of hydrogen-bond donors (Lipinski definition) is 0. The minimum atomic E-state index is -0.187. The Labute approximate surface area is 140 Å². The molecule has 3 rings (SSSR count). The van der Waals surface area contributed by atoms with Crippen molar-refractivity contribution in [2.45, 2.75) is 32.3 Å². The van der Waals surface area contributed by atoms with Crippen LogP contribution in [0.2, 0.25) is 5.02 Å². The van der Waals surface area contributed by atoms with Crippen LogP contribution in [0, 0.1) is 0 Å². The van der Waals surface area contributed by atoms with Crippen LogP contribution in [-0.2, 0) is 22.7 Å². The Hall–Kier alpha value is -1.47. The second-order valence-electron chi connectivity index (χ2n) is 5.77. The van der Waals surface area contributed by atoms with Gasteiger partial charge in [-0.2, -0.15) is 0 Å². The molecule has 1 aliphatic rings. The Morgan fingerprint density at radius 1 is 1.26 bits per heavy atom. The first-order valence-corrected chi connectivity index (χ1v) is 7.97. The largest absolute Gasteiger partial charge is 0.420 e. The van der Waals surface area contributed by atoms with Crippen LogP contribution < -0.4 is 0 Å². The van der Waals surface area contributed by atoms with Gasteiger partial charge in [0.2, 0.25) is 11.8 Å². The van der Waals surface area contributed by atoms with Crippen molar-refractivity contribution in [3.8, 4) is 0 Å². The van der Waals surface area contributed by atoms with Gasteiger partial charge in [0.25, 0.3) is 0 Å². The van der Waals surface area contributed by atoms with E-state index in [9.17, 15) is 0 Å². The molecule has 0 N–H and O–H groups in total. The predicted molar refractivity (Wildman–Crippen MR) is 85.0 cm³/mol. The zero-order chi connectivity index (χ0) is 16.2. The van der Waals surface area contributed by atoms with Crippen LogP contribution in [0.3, 0.4) is 0 Å². The first-order valence-electron chi connectivity index (χ1n) is 7.59. The Balaban J connectivity index is 1.54. The second kappa shape index (κ2) is 7.40. The van der Waals surface area contributed by atoms with Crippen molar-refractivity contribution < 1.29 is 13.9 Å². The van der Waals surface area contributed by atoms with Crippen molar-refractivity contribution in [2.24, 2.45) is 0 Å². The molecule has 1 saturated heterocycles. The molecule has 0 amide bonds. The lowest BCUT2D eigenvalue weighted by atomic mass is 10.2. The van der Waals surface area contributed by atoms with Crippen molar-refractivity contribution in [2.75, 3.05) is 20.1 Å². The van der Waals surface area contributed by atoms with Gasteiger partial charge >= 0.3 is 0 Å². The number of hydrogen-bond acceptors (Lipinski definition) is 6. The highest BCUT2D eigenvalue weighted by atomic mass is 35.5. The molecule has 2 aromatic rings. The molecule has 0 unspecified atom stereocenters. The highest BCUT2D eigenvalue weighted by Crippen LogP contribution is 2.23. The molecular weight excluding hydrogens is 318 g/mol. The summed E-state index contributed by atoms with van der Waals surface area (Å²) >= 11 is 6.09. The van der Waals surface area contributed by atoms with E-state index in [0.29, 0.717) is 23.4 Å². The van der Waals surface area contributed by atoms with Gasteiger partial charge in [-0.05, 0) is 25.6 Å². The fourth-order valence-corrected chi connectivity index (χ4v) is 2.81. The zero-order valence-electron chi connectivity index (χ0n) is 13.2. The normalized spacial score (nSPS) is 22.4. The van der Waals surface area contributed by atoms with E-state index in [1.165, 1.54) is 0 Å². The summed E-state index contributed by atoms with van der Waals surface area (Å²) in [6.07, 6.45) is -0.0425. The van der Waals surface area contributed by atoms with E-state index in [1.807, 2.05) is 31.2 Å². The smallest absolute Gasteiger partial charge is 0.246 e. The van der Waals surface area contributed by atoms with Crippen molar-refractivity contribution >= 4 is 11.6 Å². The number of likely N-dealkylation sites (N-methyl/N-ethyl adjacent to an activating group) is 1. The van der Waals surface area contributed by atoms with Crippen molar-refractivity contribution in [3.05, 3.63) is 46.6 Å². The zero-order valence-corrected chi connectivity index (χ0v) is 14.0. The summed E-state index contributed by atoms with van der Waals surface area (Å²) in [5, 5.41) is 8.79. The van der Waals surface area contributed by atoms with Gasteiger partial charge in [-0.15, -0.1) is 10.2 Å². The molecule has 1 aromatic heterocycles. The molecule has 23 heavy (non-hydrogen) atoms. The van der Waals surface area contributed by atoms with Gasteiger partial charge in [-0.1, -0.05) is 29.8 Å². The lowest BCUT2D eigenvalue weighted by Crippen LogP contribution is -2.40. The standard InChI is InChI=1S/C16H20ClN3O3/c1-11-7-20(2)8-14(22-11)16-19-18-15(23-16)10-21-9-12-5-3-4-6-13(12)17/h3-6,11,14H,7-10H2,1-2H3/t11-,14-/m1/s1. The number of aromatic nitrogens is 2. The monoisotopic (exact) mass is 337 g/mol. The Bertz CT molecular complexity index is 639. The average molecular weight is 338 g/mol. The van der Waals surface area contributed by atoms with E-state index >= 15 is 0 Å². The van der Waals surface area contributed by atoms with Gasteiger partial charge in [-0.3, -0.25) is 0 Å². The van der Waals surface area contributed by atoms with Gasteiger partial charge in [0.15, 0.2) is 0 Å². The van der Waals surface area contributed by atoms with Gasteiger partial charge in [0.1, 0.15) is 12.7 Å². The Morgan fingerprint density at radius 3 is 2.87 bits per heavy atom. The molecular formula is C16H20ClN3O3. The van der Waals surface area contributed by atoms with Crippen molar-refractivity contribution in [1.29, 1.82) is 0 Å². The van der Waals surface area contributed by atoms with Crippen LogP contribution >= 0.6 is 11.6 Å². The van der Waals surface area contributed by atoms with Crippen molar-refractivity contribution in [3.63, 3.8) is 0 Å². The summed E-state index contributed by atoms with van der Waals surface area (Å²) in [5.74, 6) is 0.941. The highest BCUT2D eigenvalue weighted by molar-refractivity contribution is 6.31. The van der Waals surface area contributed by atoms with E-state index in [1.54, 1.807) is 0 Å². The summed E-state index contributed by atoms with van der Waals surface area (Å²) in [7, 11) is 2.05. The third kappa shape index (κ3) is 4.29. The molecule has 1 fully saturated rings. The van der Waals surface area contributed by atoms with Crippen LogP contribution in [0.15, 0.2) is 28.7 Å². The summed E-state index contributed by atoms with van der Waals surface area (Å²) in [6, 6.07) is 7.57. The minimum absolute atomic E-state index is 0.144. The molecule has 0 aliphatic carbocycles. The van der Waals surface area contributed by atoms with Gasteiger partial charge < -0.3 is 18.8 Å². The van der Waals surface area contributed by atoms with Crippen LogP contribution in [-0.4, -0.2) is 41.3 Å². The summed E-state index contributed by atoms with van der Waals surface area (Å²) in [4.78, 5) is 2.19. The number of morpholine rings is 1. The van der Waals surface area contributed by atoms with Crippen LogP contribution in [0.25, 0.3) is 0 Å². The predicted octanol–water partition coefficient (Wildman–Crippen LogP) is 2.83. The van der Waals surface area contributed by atoms with E-state index < -0.39 is 0 Å². The van der Waals surface area contributed by atoms with Gasteiger partial charge in [0.05, 0.1) is 12.7 Å². The lowest BCUT2D eigenvalue weighted by Gasteiger charge is -2.32. The molecule has 0 radical (unpaired) electrons. The van der Waals surface area contributed by atoms with Gasteiger partial charge in [-0.25, -0.2) is 0 Å². The van der Waals surface area contributed by atoms with Gasteiger partial charge in [0, 0.05) is 18.1 Å². The fourth-order valence-electron chi connectivity index (χ4n) is 2.62. The fraction of sp³-hybridized carbons (Fsp3) is 0.500. The second-order valence-corrected chi connectivity index (χ2v) is 6.18. The Kier molecular flexibility index (Phi) is 5.27. The molecule has 124 valence electrons. The van der Waals surface area contributed by atoms with E-state index in [0.717, 1.165) is 18.7 Å². The third-order valence-electron chi connectivity index (χ3n) is 3.64. The molecule has 1 aliphatic heterocycles. The third-order valence-corrected chi connectivity index (χ3v) is 4.01.